The minimum absolute atomic E-state index is 0.434. The Labute approximate surface area is 138 Å². The van der Waals surface area contributed by atoms with Crippen LogP contribution in [-0.4, -0.2) is 12.1 Å². The Kier molecular flexibility index (Phi) is 7.21. The van der Waals surface area contributed by atoms with Crippen LogP contribution < -0.4 is 11.5 Å². The lowest BCUT2D eigenvalue weighted by molar-refractivity contribution is 0.0673. The third kappa shape index (κ3) is 4.47. The summed E-state index contributed by atoms with van der Waals surface area (Å²) in [7, 11) is 0. The summed E-state index contributed by atoms with van der Waals surface area (Å²) in [5.74, 6) is 4.15. The first-order chi connectivity index (χ1) is 10.6. The van der Waals surface area contributed by atoms with Crippen molar-refractivity contribution in [1.29, 1.82) is 0 Å². The van der Waals surface area contributed by atoms with Crippen molar-refractivity contribution < 1.29 is 0 Å². The number of nitrogens with two attached hydrogens (primary N) is 2. The largest absolute Gasteiger partial charge is 0.328 e. The van der Waals surface area contributed by atoms with Gasteiger partial charge >= 0.3 is 0 Å². The SMILES string of the molecule is CCCC1CCC(N)C(C(C)C2CC(N)CCC2CCC)C1. The summed E-state index contributed by atoms with van der Waals surface area (Å²) < 4.78 is 0. The zero-order chi connectivity index (χ0) is 16.1. The van der Waals surface area contributed by atoms with E-state index in [9.17, 15) is 0 Å². The smallest absolute Gasteiger partial charge is 0.00700 e. The Balaban J connectivity index is 2.03. The summed E-state index contributed by atoms with van der Waals surface area (Å²) in [5.41, 5.74) is 12.9. The average Bonchev–Trinajstić information content (AvgIpc) is 2.51. The molecule has 0 saturated heterocycles. The molecule has 22 heavy (non-hydrogen) atoms. The van der Waals surface area contributed by atoms with E-state index in [1.54, 1.807) is 0 Å². The molecule has 2 fully saturated rings. The van der Waals surface area contributed by atoms with Gasteiger partial charge in [-0.05, 0) is 68.1 Å². The van der Waals surface area contributed by atoms with Crippen molar-refractivity contribution in [3.05, 3.63) is 0 Å². The summed E-state index contributed by atoms with van der Waals surface area (Å²) in [6.07, 6.45) is 13.3. The van der Waals surface area contributed by atoms with E-state index < -0.39 is 0 Å². The van der Waals surface area contributed by atoms with Crippen molar-refractivity contribution in [2.24, 2.45) is 41.1 Å². The second-order valence-corrected chi connectivity index (χ2v) is 8.44. The minimum atomic E-state index is 0.434. The first kappa shape index (κ1) is 18.3. The van der Waals surface area contributed by atoms with Crippen molar-refractivity contribution in [3.63, 3.8) is 0 Å². The van der Waals surface area contributed by atoms with Crippen LogP contribution in [0.4, 0.5) is 0 Å². The fraction of sp³-hybridized carbons (Fsp3) is 1.00. The molecule has 4 N–H and O–H groups in total. The van der Waals surface area contributed by atoms with Gasteiger partial charge in [-0.15, -0.1) is 0 Å². The van der Waals surface area contributed by atoms with Crippen LogP contribution in [0.1, 0.15) is 85.0 Å². The number of hydrogen-bond donors (Lipinski definition) is 2. The van der Waals surface area contributed by atoms with Crippen molar-refractivity contribution in [2.75, 3.05) is 0 Å². The zero-order valence-corrected chi connectivity index (χ0v) is 15.3. The molecule has 2 saturated carbocycles. The fourth-order valence-corrected chi connectivity index (χ4v) is 5.59. The molecule has 2 aliphatic carbocycles. The summed E-state index contributed by atoms with van der Waals surface area (Å²) in [5, 5.41) is 0. The summed E-state index contributed by atoms with van der Waals surface area (Å²) in [6.45, 7) is 7.16. The van der Waals surface area contributed by atoms with E-state index in [1.165, 1.54) is 64.2 Å². The van der Waals surface area contributed by atoms with Gasteiger partial charge in [-0.2, -0.15) is 0 Å². The molecule has 2 nitrogen and oxygen atoms in total. The van der Waals surface area contributed by atoms with E-state index in [0.29, 0.717) is 12.1 Å². The molecule has 2 heteroatoms. The molecule has 0 amide bonds. The van der Waals surface area contributed by atoms with Gasteiger partial charge in [0, 0.05) is 12.1 Å². The highest BCUT2D eigenvalue weighted by Crippen LogP contribution is 2.45. The van der Waals surface area contributed by atoms with Gasteiger partial charge in [-0.3, -0.25) is 0 Å². The van der Waals surface area contributed by atoms with E-state index >= 15 is 0 Å². The van der Waals surface area contributed by atoms with Gasteiger partial charge in [0.15, 0.2) is 0 Å². The minimum Gasteiger partial charge on any atom is -0.328 e. The molecular weight excluding hydrogens is 268 g/mol. The van der Waals surface area contributed by atoms with Crippen molar-refractivity contribution >= 4 is 0 Å². The second-order valence-electron chi connectivity index (χ2n) is 8.44. The lowest BCUT2D eigenvalue weighted by Gasteiger charge is -2.45. The van der Waals surface area contributed by atoms with Gasteiger partial charge in [0.2, 0.25) is 0 Å². The van der Waals surface area contributed by atoms with Gasteiger partial charge < -0.3 is 11.5 Å². The molecule has 7 atom stereocenters. The van der Waals surface area contributed by atoms with Crippen molar-refractivity contribution in [3.8, 4) is 0 Å². The van der Waals surface area contributed by atoms with Crippen molar-refractivity contribution in [2.45, 2.75) is 97.1 Å². The Bertz CT molecular complexity index is 317. The van der Waals surface area contributed by atoms with Crippen LogP contribution in [0.5, 0.6) is 0 Å². The summed E-state index contributed by atoms with van der Waals surface area (Å²) in [6, 6.07) is 0.871. The molecule has 130 valence electrons. The first-order valence-electron chi connectivity index (χ1n) is 10.1. The van der Waals surface area contributed by atoms with Crippen LogP contribution in [0.2, 0.25) is 0 Å². The van der Waals surface area contributed by atoms with Gasteiger partial charge in [-0.1, -0.05) is 46.5 Å². The lowest BCUT2D eigenvalue weighted by atomic mass is 9.62. The standard InChI is InChI=1S/C20H40N2/c1-4-6-15-8-11-20(22)19(12-15)14(3)18-13-17(21)10-9-16(18)7-5-2/h14-20H,4-13,21-22H2,1-3H3. The maximum atomic E-state index is 6.57. The molecule has 0 aromatic heterocycles. The molecule has 0 aromatic rings. The highest BCUT2D eigenvalue weighted by Gasteiger charge is 2.39. The van der Waals surface area contributed by atoms with Crippen molar-refractivity contribution in [1.82, 2.24) is 0 Å². The van der Waals surface area contributed by atoms with E-state index in [-0.39, 0.29) is 0 Å². The number of hydrogen-bond acceptors (Lipinski definition) is 2. The quantitative estimate of drug-likeness (QED) is 0.746. The van der Waals surface area contributed by atoms with Crippen LogP contribution in [0.25, 0.3) is 0 Å². The van der Waals surface area contributed by atoms with Gasteiger partial charge in [0.25, 0.3) is 0 Å². The predicted molar refractivity (Wildman–Crippen MR) is 96.6 cm³/mol. The topological polar surface area (TPSA) is 52.0 Å². The summed E-state index contributed by atoms with van der Waals surface area (Å²) >= 11 is 0. The highest BCUT2D eigenvalue weighted by atomic mass is 14.7. The van der Waals surface area contributed by atoms with Crippen LogP contribution in [0.3, 0.4) is 0 Å². The molecule has 0 heterocycles. The van der Waals surface area contributed by atoms with Crippen LogP contribution >= 0.6 is 0 Å². The zero-order valence-electron chi connectivity index (χ0n) is 15.3. The van der Waals surface area contributed by atoms with Gasteiger partial charge in [0.05, 0.1) is 0 Å². The highest BCUT2D eigenvalue weighted by molar-refractivity contribution is 4.92. The Hall–Kier alpha value is -0.0800. The monoisotopic (exact) mass is 308 g/mol. The van der Waals surface area contributed by atoms with Gasteiger partial charge in [-0.25, -0.2) is 0 Å². The average molecular weight is 309 g/mol. The fourth-order valence-electron chi connectivity index (χ4n) is 5.59. The molecule has 2 rings (SSSR count). The maximum absolute atomic E-state index is 6.57. The van der Waals surface area contributed by atoms with Crippen LogP contribution in [0, 0.1) is 29.6 Å². The lowest BCUT2D eigenvalue weighted by Crippen LogP contribution is -2.45. The first-order valence-corrected chi connectivity index (χ1v) is 10.1. The van der Waals surface area contributed by atoms with Crippen LogP contribution in [-0.2, 0) is 0 Å². The predicted octanol–water partition coefficient (Wildman–Crippen LogP) is 4.71. The molecule has 0 radical (unpaired) electrons. The summed E-state index contributed by atoms with van der Waals surface area (Å²) in [4.78, 5) is 0. The maximum Gasteiger partial charge on any atom is 0.00700 e. The van der Waals surface area contributed by atoms with E-state index in [0.717, 1.165) is 29.6 Å². The van der Waals surface area contributed by atoms with Gasteiger partial charge in [0.1, 0.15) is 0 Å². The molecular formula is C20H40N2. The second kappa shape index (κ2) is 8.68. The Morgan fingerprint density at radius 1 is 0.864 bits per heavy atom. The van der Waals surface area contributed by atoms with Crippen LogP contribution in [0.15, 0.2) is 0 Å². The van der Waals surface area contributed by atoms with E-state index in [2.05, 4.69) is 20.8 Å². The molecule has 2 aliphatic rings. The Morgan fingerprint density at radius 2 is 1.59 bits per heavy atom. The van der Waals surface area contributed by atoms with E-state index in [4.69, 9.17) is 11.5 Å². The molecule has 7 unspecified atom stereocenters. The molecule has 0 aliphatic heterocycles. The third-order valence-electron chi connectivity index (χ3n) is 6.86. The third-order valence-corrected chi connectivity index (χ3v) is 6.86. The molecule has 0 spiro atoms. The Morgan fingerprint density at radius 3 is 2.27 bits per heavy atom. The van der Waals surface area contributed by atoms with E-state index in [1.807, 2.05) is 0 Å². The molecule has 0 bridgehead atoms. The number of rotatable bonds is 6. The normalized spacial score (nSPS) is 41.3. The molecule has 0 aromatic carbocycles.